The number of hydrogen-bond acceptors (Lipinski definition) is 3. The van der Waals surface area contributed by atoms with Crippen LogP contribution in [0.3, 0.4) is 0 Å². The SMILES string of the molecule is Cc1ncc(N)cc1C(=O)N(C)CC(F)(F)F. The quantitative estimate of drug-likeness (QED) is 0.863. The van der Waals surface area contributed by atoms with Crippen LogP contribution in [0.15, 0.2) is 12.3 Å². The van der Waals surface area contributed by atoms with Crippen LogP contribution in [-0.2, 0) is 0 Å². The van der Waals surface area contributed by atoms with Gasteiger partial charge in [0, 0.05) is 7.05 Å². The summed E-state index contributed by atoms with van der Waals surface area (Å²) >= 11 is 0. The second-order valence-corrected chi connectivity index (χ2v) is 3.68. The van der Waals surface area contributed by atoms with E-state index in [-0.39, 0.29) is 11.3 Å². The first-order chi connectivity index (χ1) is 7.70. The van der Waals surface area contributed by atoms with Crippen molar-refractivity contribution in [2.75, 3.05) is 19.3 Å². The molecule has 17 heavy (non-hydrogen) atoms. The highest BCUT2D eigenvalue weighted by atomic mass is 19.4. The Kier molecular flexibility index (Phi) is 3.59. The van der Waals surface area contributed by atoms with Crippen LogP contribution in [0.5, 0.6) is 0 Å². The Morgan fingerprint density at radius 2 is 2.12 bits per heavy atom. The first-order valence-corrected chi connectivity index (χ1v) is 4.75. The fourth-order valence-corrected chi connectivity index (χ4v) is 1.31. The monoisotopic (exact) mass is 247 g/mol. The second-order valence-electron chi connectivity index (χ2n) is 3.68. The maximum absolute atomic E-state index is 12.1. The molecule has 2 N–H and O–H groups in total. The Morgan fingerprint density at radius 3 is 2.65 bits per heavy atom. The summed E-state index contributed by atoms with van der Waals surface area (Å²) in [5.41, 5.74) is 6.10. The average Bonchev–Trinajstić information content (AvgIpc) is 2.18. The summed E-state index contributed by atoms with van der Waals surface area (Å²) < 4.78 is 36.4. The lowest BCUT2D eigenvalue weighted by Crippen LogP contribution is -2.36. The summed E-state index contributed by atoms with van der Waals surface area (Å²) in [6.45, 7) is 0.230. The molecule has 1 heterocycles. The number of alkyl halides is 3. The molecular formula is C10H12F3N3O. The van der Waals surface area contributed by atoms with Gasteiger partial charge in [0.05, 0.1) is 23.1 Å². The number of carbonyl (C=O) groups is 1. The first kappa shape index (κ1) is 13.3. The van der Waals surface area contributed by atoms with E-state index in [2.05, 4.69) is 4.98 Å². The average molecular weight is 247 g/mol. The van der Waals surface area contributed by atoms with Crippen molar-refractivity contribution in [2.45, 2.75) is 13.1 Å². The number of nitrogen functional groups attached to an aromatic ring is 1. The largest absolute Gasteiger partial charge is 0.406 e. The number of nitrogens with zero attached hydrogens (tertiary/aromatic N) is 2. The lowest BCUT2D eigenvalue weighted by atomic mass is 10.1. The second kappa shape index (κ2) is 4.60. The molecule has 0 spiro atoms. The fourth-order valence-electron chi connectivity index (χ4n) is 1.31. The molecule has 0 aliphatic carbocycles. The van der Waals surface area contributed by atoms with E-state index in [0.717, 1.165) is 7.05 Å². The number of nitrogens with two attached hydrogens (primary N) is 1. The number of aromatic nitrogens is 1. The lowest BCUT2D eigenvalue weighted by molar-refractivity contribution is -0.138. The topological polar surface area (TPSA) is 59.2 Å². The van der Waals surface area contributed by atoms with Gasteiger partial charge < -0.3 is 10.6 Å². The number of carbonyl (C=O) groups excluding carboxylic acids is 1. The van der Waals surface area contributed by atoms with Crippen LogP contribution in [0, 0.1) is 6.92 Å². The van der Waals surface area contributed by atoms with Crippen LogP contribution in [0.25, 0.3) is 0 Å². The smallest absolute Gasteiger partial charge is 0.397 e. The zero-order chi connectivity index (χ0) is 13.2. The molecule has 0 aliphatic rings. The minimum absolute atomic E-state index is 0.0803. The van der Waals surface area contributed by atoms with Crippen molar-refractivity contribution in [3.05, 3.63) is 23.5 Å². The van der Waals surface area contributed by atoms with Crippen molar-refractivity contribution in [1.29, 1.82) is 0 Å². The lowest BCUT2D eigenvalue weighted by Gasteiger charge is -2.19. The number of anilines is 1. The molecule has 0 bridgehead atoms. The van der Waals surface area contributed by atoms with E-state index in [1.165, 1.54) is 19.2 Å². The van der Waals surface area contributed by atoms with Crippen LogP contribution in [0.1, 0.15) is 16.1 Å². The molecule has 0 atom stereocenters. The van der Waals surface area contributed by atoms with Crippen LogP contribution in [0.2, 0.25) is 0 Å². The molecule has 0 aliphatic heterocycles. The predicted molar refractivity (Wildman–Crippen MR) is 56.4 cm³/mol. The standard InChI is InChI=1S/C10H12F3N3O/c1-6-8(3-7(14)4-15-6)9(17)16(2)5-10(11,12)13/h3-4H,5,14H2,1-2H3. The highest BCUT2D eigenvalue weighted by Gasteiger charge is 2.31. The van der Waals surface area contributed by atoms with Gasteiger partial charge in [-0.3, -0.25) is 9.78 Å². The molecule has 0 fully saturated rings. The maximum Gasteiger partial charge on any atom is 0.406 e. The van der Waals surface area contributed by atoms with Gasteiger partial charge in [0.15, 0.2) is 0 Å². The van der Waals surface area contributed by atoms with Gasteiger partial charge in [-0.1, -0.05) is 0 Å². The summed E-state index contributed by atoms with van der Waals surface area (Å²) in [5.74, 6) is -0.750. The highest BCUT2D eigenvalue weighted by molar-refractivity contribution is 5.95. The first-order valence-electron chi connectivity index (χ1n) is 4.75. The number of aryl methyl sites for hydroxylation is 1. The summed E-state index contributed by atoms with van der Waals surface area (Å²) in [6, 6.07) is 1.32. The van der Waals surface area contributed by atoms with E-state index in [9.17, 15) is 18.0 Å². The van der Waals surface area contributed by atoms with Crippen molar-refractivity contribution in [3.63, 3.8) is 0 Å². The molecular weight excluding hydrogens is 235 g/mol. The van der Waals surface area contributed by atoms with Crippen molar-refractivity contribution in [1.82, 2.24) is 9.88 Å². The Morgan fingerprint density at radius 1 is 1.53 bits per heavy atom. The van der Waals surface area contributed by atoms with E-state index in [1.807, 2.05) is 0 Å². The molecule has 1 amide bonds. The molecule has 1 aromatic rings. The molecule has 0 radical (unpaired) electrons. The van der Waals surface area contributed by atoms with E-state index in [0.29, 0.717) is 10.6 Å². The third kappa shape index (κ3) is 3.61. The Hall–Kier alpha value is -1.79. The summed E-state index contributed by atoms with van der Waals surface area (Å²) in [4.78, 5) is 16.1. The molecule has 1 rings (SSSR count). The van der Waals surface area contributed by atoms with Crippen LogP contribution < -0.4 is 5.73 Å². The van der Waals surface area contributed by atoms with Gasteiger partial charge in [0.1, 0.15) is 6.54 Å². The number of pyridine rings is 1. The number of amides is 1. The van der Waals surface area contributed by atoms with Crippen molar-refractivity contribution < 1.29 is 18.0 Å². The molecule has 4 nitrogen and oxygen atoms in total. The molecule has 0 unspecified atom stereocenters. The molecule has 0 aromatic carbocycles. The normalized spacial score (nSPS) is 11.4. The summed E-state index contributed by atoms with van der Waals surface area (Å²) in [5, 5.41) is 0. The van der Waals surface area contributed by atoms with E-state index in [1.54, 1.807) is 0 Å². The van der Waals surface area contributed by atoms with Gasteiger partial charge in [0.25, 0.3) is 5.91 Å². The Bertz CT molecular complexity index is 431. The fraction of sp³-hybridized carbons (Fsp3) is 0.400. The molecule has 0 saturated carbocycles. The highest BCUT2D eigenvalue weighted by Crippen LogP contribution is 2.18. The van der Waals surface area contributed by atoms with Gasteiger partial charge in [-0.05, 0) is 13.0 Å². The molecule has 1 aromatic heterocycles. The minimum Gasteiger partial charge on any atom is -0.397 e. The zero-order valence-corrected chi connectivity index (χ0v) is 9.38. The van der Waals surface area contributed by atoms with E-state index < -0.39 is 18.6 Å². The van der Waals surface area contributed by atoms with E-state index in [4.69, 9.17) is 5.73 Å². The van der Waals surface area contributed by atoms with Crippen molar-refractivity contribution >= 4 is 11.6 Å². The Balaban J connectivity index is 2.93. The minimum atomic E-state index is -4.42. The number of hydrogen-bond donors (Lipinski definition) is 1. The molecule has 7 heteroatoms. The van der Waals surface area contributed by atoms with Crippen LogP contribution in [0.4, 0.5) is 18.9 Å². The van der Waals surface area contributed by atoms with Crippen LogP contribution >= 0.6 is 0 Å². The number of rotatable bonds is 2. The third-order valence-corrected chi connectivity index (χ3v) is 2.10. The van der Waals surface area contributed by atoms with Gasteiger partial charge in [0.2, 0.25) is 0 Å². The Labute approximate surface area is 96.2 Å². The van der Waals surface area contributed by atoms with Gasteiger partial charge >= 0.3 is 6.18 Å². The van der Waals surface area contributed by atoms with Gasteiger partial charge in [-0.2, -0.15) is 13.2 Å². The zero-order valence-electron chi connectivity index (χ0n) is 9.38. The molecule has 94 valence electrons. The van der Waals surface area contributed by atoms with Crippen molar-refractivity contribution in [3.8, 4) is 0 Å². The van der Waals surface area contributed by atoms with E-state index >= 15 is 0 Å². The summed E-state index contributed by atoms with van der Waals surface area (Å²) in [6.07, 6.45) is -3.08. The number of halogens is 3. The summed E-state index contributed by atoms with van der Waals surface area (Å²) in [7, 11) is 1.08. The van der Waals surface area contributed by atoms with Crippen LogP contribution in [-0.4, -0.2) is 35.6 Å². The third-order valence-electron chi connectivity index (χ3n) is 2.10. The van der Waals surface area contributed by atoms with Gasteiger partial charge in [-0.25, -0.2) is 0 Å². The predicted octanol–water partition coefficient (Wildman–Crippen LogP) is 1.61. The maximum atomic E-state index is 12.1. The van der Waals surface area contributed by atoms with Gasteiger partial charge in [-0.15, -0.1) is 0 Å². The van der Waals surface area contributed by atoms with Crippen molar-refractivity contribution in [2.24, 2.45) is 0 Å². The molecule has 0 saturated heterocycles.